The van der Waals surface area contributed by atoms with Crippen LogP contribution in [0.3, 0.4) is 0 Å². The minimum absolute atomic E-state index is 0.199. The number of hydrogen-bond acceptors (Lipinski definition) is 7. The number of hydrazine groups is 2. The van der Waals surface area contributed by atoms with E-state index < -0.39 is 17.9 Å². The van der Waals surface area contributed by atoms with Gasteiger partial charge in [0.1, 0.15) is 6.20 Å². The molecule has 1 aromatic rings. The molecule has 3 rings (SSSR count). The van der Waals surface area contributed by atoms with Gasteiger partial charge in [0, 0.05) is 23.3 Å². The Morgan fingerprint density at radius 1 is 1.48 bits per heavy atom. The molecule has 0 radical (unpaired) electrons. The quantitative estimate of drug-likeness (QED) is 0.667. The van der Waals surface area contributed by atoms with E-state index >= 15 is 0 Å². The monoisotopic (exact) mass is 317 g/mol. The van der Waals surface area contributed by atoms with Gasteiger partial charge in [-0.15, -0.1) is 5.06 Å². The maximum absolute atomic E-state index is 12.7. The number of benzene rings is 1. The van der Waals surface area contributed by atoms with Crippen LogP contribution in [-0.2, 0) is 14.4 Å². The SMILES string of the molecule is CCCC(=O)ON1C(=O)C(N2NC=CN=[N+]2[O-])c2ccccc21. The Labute approximate surface area is 131 Å². The molecule has 2 heterocycles. The number of hydroxylamine groups is 1. The van der Waals surface area contributed by atoms with Crippen molar-refractivity contribution in [1.29, 1.82) is 0 Å². The Hall–Kier alpha value is -3.10. The second kappa shape index (κ2) is 5.95. The summed E-state index contributed by atoms with van der Waals surface area (Å²) in [5.41, 5.74) is 3.64. The van der Waals surface area contributed by atoms with Crippen molar-refractivity contribution in [2.24, 2.45) is 5.11 Å². The van der Waals surface area contributed by atoms with E-state index in [1.807, 2.05) is 6.92 Å². The predicted octanol–water partition coefficient (Wildman–Crippen LogP) is 1.50. The van der Waals surface area contributed by atoms with Crippen molar-refractivity contribution < 1.29 is 19.4 Å². The van der Waals surface area contributed by atoms with Crippen molar-refractivity contribution >= 4 is 17.6 Å². The molecule has 0 fully saturated rings. The maximum atomic E-state index is 12.7. The fraction of sp³-hybridized carbons (Fsp3) is 0.286. The molecule has 0 aliphatic carbocycles. The van der Waals surface area contributed by atoms with Crippen molar-refractivity contribution in [3.05, 3.63) is 47.4 Å². The highest BCUT2D eigenvalue weighted by Crippen LogP contribution is 2.39. The lowest BCUT2D eigenvalue weighted by atomic mass is 10.1. The minimum Gasteiger partial charge on any atom is -0.570 e. The zero-order chi connectivity index (χ0) is 16.4. The molecule has 0 aromatic heterocycles. The lowest BCUT2D eigenvalue weighted by Crippen LogP contribution is -2.48. The van der Waals surface area contributed by atoms with Crippen LogP contribution < -0.4 is 10.5 Å². The van der Waals surface area contributed by atoms with E-state index in [0.717, 1.165) is 10.2 Å². The van der Waals surface area contributed by atoms with E-state index in [2.05, 4.69) is 10.5 Å². The first-order chi connectivity index (χ1) is 11.1. The summed E-state index contributed by atoms with van der Waals surface area (Å²) in [6.07, 6.45) is 3.51. The summed E-state index contributed by atoms with van der Waals surface area (Å²) in [5.74, 6) is -1.05. The van der Waals surface area contributed by atoms with E-state index in [1.165, 1.54) is 12.4 Å². The molecule has 9 nitrogen and oxygen atoms in total. The second-order valence-corrected chi connectivity index (χ2v) is 4.96. The van der Waals surface area contributed by atoms with Crippen LogP contribution in [0.2, 0.25) is 0 Å². The van der Waals surface area contributed by atoms with Gasteiger partial charge in [0.15, 0.2) is 0 Å². The molecule has 2 aliphatic heterocycles. The van der Waals surface area contributed by atoms with Crippen LogP contribution in [-0.4, -0.2) is 22.0 Å². The van der Waals surface area contributed by atoms with Gasteiger partial charge in [0.05, 0.1) is 10.7 Å². The van der Waals surface area contributed by atoms with Crippen LogP contribution in [0.25, 0.3) is 0 Å². The highest BCUT2D eigenvalue weighted by molar-refractivity contribution is 6.04. The van der Waals surface area contributed by atoms with Gasteiger partial charge >= 0.3 is 5.97 Å². The number of carbonyl (C=O) groups is 2. The summed E-state index contributed by atoms with van der Waals surface area (Å²) >= 11 is 0. The van der Waals surface area contributed by atoms with E-state index in [9.17, 15) is 14.8 Å². The number of para-hydroxylation sites is 1. The summed E-state index contributed by atoms with van der Waals surface area (Å²) < 4.78 is 0. The number of nitrogens with one attached hydrogen (secondary N) is 1. The third kappa shape index (κ3) is 2.56. The second-order valence-electron chi connectivity index (χ2n) is 4.96. The van der Waals surface area contributed by atoms with Crippen molar-refractivity contribution in [1.82, 2.24) is 10.5 Å². The molecule has 9 heteroatoms. The molecular formula is C14H15N5O4. The normalized spacial score (nSPS) is 19.3. The average molecular weight is 317 g/mol. The largest absolute Gasteiger partial charge is 0.570 e. The zero-order valence-electron chi connectivity index (χ0n) is 12.4. The molecule has 23 heavy (non-hydrogen) atoms. The number of amides is 1. The Balaban J connectivity index is 1.94. The van der Waals surface area contributed by atoms with E-state index in [1.54, 1.807) is 24.3 Å². The number of anilines is 1. The predicted molar refractivity (Wildman–Crippen MR) is 77.8 cm³/mol. The molecule has 1 unspecified atom stereocenters. The first-order valence-corrected chi connectivity index (χ1v) is 7.15. The highest BCUT2D eigenvalue weighted by atomic mass is 16.7. The molecule has 1 amide bonds. The van der Waals surface area contributed by atoms with Gasteiger partial charge in [0.25, 0.3) is 5.91 Å². The Bertz CT molecular complexity index is 702. The van der Waals surface area contributed by atoms with E-state index in [0.29, 0.717) is 17.7 Å². The summed E-state index contributed by atoms with van der Waals surface area (Å²) in [4.78, 5) is 29.9. The standard InChI is InChI=1S/C14H15N5O4/c1-2-5-12(20)23-17-11-7-4-3-6-10(11)13(14(17)21)18-15-8-9-16-19(18)22/h3-4,6-9,13,15H,2,5H2,1H3. The Kier molecular flexibility index (Phi) is 3.83. The molecule has 0 saturated heterocycles. The van der Waals surface area contributed by atoms with Gasteiger partial charge in [0.2, 0.25) is 6.04 Å². The number of hydrogen-bond donors (Lipinski definition) is 1. The molecule has 2 aliphatic rings. The van der Waals surface area contributed by atoms with Crippen LogP contribution in [0, 0.1) is 5.21 Å². The molecule has 120 valence electrons. The molecule has 1 atom stereocenters. The van der Waals surface area contributed by atoms with Crippen molar-refractivity contribution in [2.75, 3.05) is 5.06 Å². The molecular weight excluding hydrogens is 302 g/mol. The van der Waals surface area contributed by atoms with E-state index in [-0.39, 0.29) is 11.4 Å². The van der Waals surface area contributed by atoms with Crippen molar-refractivity contribution in [3.63, 3.8) is 0 Å². The lowest BCUT2D eigenvalue weighted by molar-refractivity contribution is -0.711. The fourth-order valence-corrected chi connectivity index (χ4v) is 2.43. The zero-order valence-corrected chi connectivity index (χ0v) is 12.4. The van der Waals surface area contributed by atoms with E-state index in [4.69, 9.17) is 4.84 Å². The first-order valence-electron chi connectivity index (χ1n) is 7.15. The summed E-state index contributed by atoms with van der Waals surface area (Å²) in [7, 11) is 0. The van der Waals surface area contributed by atoms with Crippen LogP contribution >= 0.6 is 0 Å². The fourth-order valence-electron chi connectivity index (χ4n) is 2.43. The smallest absolute Gasteiger partial charge is 0.333 e. The number of carbonyl (C=O) groups excluding carboxylic acids is 2. The van der Waals surface area contributed by atoms with Crippen LogP contribution in [0.1, 0.15) is 31.4 Å². The van der Waals surface area contributed by atoms with Crippen LogP contribution in [0.5, 0.6) is 0 Å². The molecule has 0 saturated carbocycles. The lowest BCUT2D eigenvalue weighted by Gasteiger charge is -2.24. The van der Waals surface area contributed by atoms with Crippen LogP contribution in [0.4, 0.5) is 5.69 Å². The van der Waals surface area contributed by atoms with Gasteiger partial charge in [-0.1, -0.05) is 25.1 Å². The van der Waals surface area contributed by atoms with Crippen molar-refractivity contribution in [3.8, 4) is 0 Å². The average Bonchev–Trinajstić information content (AvgIpc) is 2.81. The highest BCUT2D eigenvalue weighted by Gasteiger charge is 2.47. The maximum Gasteiger partial charge on any atom is 0.333 e. The summed E-state index contributed by atoms with van der Waals surface area (Å²) in [6, 6.07) is 5.82. The molecule has 1 N–H and O–H groups in total. The number of fused-ring (bicyclic) bond motifs is 1. The van der Waals surface area contributed by atoms with Crippen LogP contribution in [0.15, 0.2) is 41.8 Å². The summed E-state index contributed by atoms with van der Waals surface area (Å²) in [5, 5.41) is 17.4. The summed E-state index contributed by atoms with van der Waals surface area (Å²) in [6.45, 7) is 1.84. The van der Waals surface area contributed by atoms with Gasteiger partial charge < -0.3 is 10.0 Å². The molecule has 1 aromatic carbocycles. The first kappa shape index (κ1) is 14.8. The minimum atomic E-state index is -0.980. The van der Waals surface area contributed by atoms with Gasteiger partial charge in [-0.3, -0.25) is 10.2 Å². The van der Waals surface area contributed by atoms with Gasteiger partial charge in [-0.25, -0.2) is 4.79 Å². The molecule has 0 bridgehead atoms. The third-order valence-electron chi connectivity index (χ3n) is 3.41. The van der Waals surface area contributed by atoms with Gasteiger partial charge in [-0.05, 0) is 17.6 Å². The van der Waals surface area contributed by atoms with Crippen molar-refractivity contribution in [2.45, 2.75) is 25.8 Å². The number of rotatable bonds is 4. The van der Waals surface area contributed by atoms with Gasteiger partial charge in [-0.2, -0.15) is 0 Å². The number of nitrogens with zero attached hydrogens (tertiary/aromatic N) is 4. The molecule has 0 spiro atoms. The Morgan fingerprint density at radius 2 is 2.26 bits per heavy atom. The Morgan fingerprint density at radius 3 is 3.00 bits per heavy atom. The topological polar surface area (TPSA) is 100 Å². The third-order valence-corrected chi connectivity index (χ3v) is 3.41.